The highest BCUT2D eigenvalue weighted by atomic mass is 35.5. The largest absolute Gasteiger partial charge is 0.379 e. The van der Waals surface area contributed by atoms with Gasteiger partial charge in [-0.1, -0.05) is 11.6 Å². The number of allylic oxidation sites excluding steroid dienone is 1. The lowest BCUT2D eigenvalue weighted by Gasteiger charge is -2.05. The predicted octanol–water partition coefficient (Wildman–Crippen LogP) is 0.183. The zero-order valence-electron chi connectivity index (χ0n) is 8.54. The van der Waals surface area contributed by atoms with Gasteiger partial charge >= 0.3 is 10.2 Å². The monoisotopic (exact) mass is 250 g/mol. The summed E-state index contributed by atoms with van der Waals surface area (Å²) in [5.74, 6) is 0. The van der Waals surface area contributed by atoms with E-state index in [1.165, 1.54) is 32.2 Å². The molecule has 0 amide bonds. The van der Waals surface area contributed by atoms with Crippen LogP contribution in [0.15, 0.2) is 30.3 Å². The molecule has 0 unspecified atom stereocenters. The molecule has 0 spiro atoms. The van der Waals surface area contributed by atoms with E-state index in [2.05, 4.69) is 0 Å². The van der Waals surface area contributed by atoms with Crippen molar-refractivity contribution in [2.75, 3.05) is 14.1 Å². The van der Waals surface area contributed by atoms with E-state index in [4.69, 9.17) is 11.6 Å². The maximum absolute atomic E-state index is 11.7. The van der Waals surface area contributed by atoms with Crippen molar-refractivity contribution in [3.05, 3.63) is 30.3 Å². The van der Waals surface area contributed by atoms with E-state index < -0.39 is 10.2 Å². The lowest BCUT2D eigenvalue weighted by Crippen LogP contribution is -2.33. The SMILES string of the molecule is CN(C)S(=O)(=O)n1cc[n+](CC=CCl)c1. The van der Waals surface area contributed by atoms with Crippen LogP contribution in [0.3, 0.4) is 0 Å². The molecule has 7 heteroatoms. The van der Waals surface area contributed by atoms with Gasteiger partial charge in [-0.25, -0.2) is 4.57 Å². The van der Waals surface area contributed by atoms with E-state index >= 15 is 0 Å². The molecule has 1 aromatic rings. The van der Waals surface area contributed by atoms with Crippen molar-refractivity contribution in [3.63, 3.8) is 0 Å². The third-order valence-corrected chi connectivity index (χ3v) is 3.65. The summed E-state index contributed by atoms with van der Waals surface area (Å²) >= 11 is 5.37. The van der Waals surface area contributed by atoms with Crippen LogP contribution in [-0.4, -0.2) is 30.8 Å². The number of aromatic nitrogens is 2. The molecule has 5 nitrogen and oxygen atoms in total. The fraction of sp³-hybridized carbons (Fsp3) is 0.375. The topological polar surface area (TPSA) is 46.2 Å². The van der Waals surface area contributed by atoms with E-state index in [1.54, 1.807) is 16.8 Å². The molecular formula is C8H13ClN3O2S+. The molecule has 84 valence electrons. The Balaban J connectivity index is 2.94. The van der Waals surface area contributed by atoms with E-state index in [0.717, 1.165) is 8.28 Å². The van der Waals surface area contributed by atoms with Crippen LogP contribution in [0.4, 0.5) is 0 Å². The molecule has 0 fully saturated rings. The van der Waals surface area contributed by atoms with Crippen molar-refractivity contribution in [2.24, 2.45) is 0 Å². The maximum atomic E-state index is 11.7. The van der Waals surface area contributed by atoms with Gasteiger partial charge in [0.05, 0.1) is 0 Å². The zero-order valence-corrected chi connectivity index (χ0v) is 10.1. The molecule has 0 N–H and O–H groups in total. The Morgan fingerprint density at radius 2 is 2.20 bits per heavy atom. The van der Waals surface area contributed by atoms with Crippen LogP contribution in [0.5, 0.6) is 0 Å². The van der Waals surface area contributed by atoms with Crippen LogP contribution in [0.1, 0.15) is 0 Å². The van der Waals surface area contributed by atoms with Crippen LogP contribution in [-0.2, 0) is 16.8 Å². The number of hydrogen-bond donors (Lipinski definition) is 0. The Morgan fingerprint density at radius 3 is 2.73 bits per heavy atom. The fourth-order valence-electron chi connectivity index (χ4n) is 0.969. The molecule has 0 saturated heterocycles. The molecule has 15 heavy (non-hydrogen) atoms. The van der Waals surface area contributed by atoms with Gasteiger partial charge in [-0.2, -0.15) is 12.7 Å². The molecule has 1 aromatic heterocycles. The van der Waals surface area contributed by atoms with Gasteiger partial charge in [0.25, 0.3) is 6.33 Å². The molecule has 0 radical (unpaired) electrons. The number of nitrogens with zero attached hydrogens (tertiary/aromatic N) is 3. The summed E-state index contributed by atoms with van der Waals surface area (Å²) in [5, 5.41) is 0. The van der Waals surface area contributed by atoms with Gasteiger partial charge in [-0.15, -0.1) is 3.97 Å². The third kappa shape index (κ3) is 2.80. The molecule has 0 atom stereocenters. The third-order valence-electron chi connectivity index (χ3n) is 1.80. The molecule has 0 aliphatic heterocycles. The van der Waals surface area contributed by atoms with Gasteiger partial charge in [0.1, 0.15) is 18.9 Å². The van der Waals surface area contributed by atoms with Gasteiger partial charge in [0, 0.05) is 19.6 Å². The summed E-state index contributed by atoms with van der Waals surface area (Å²) in [6.07, 6.45) is 6.36. The van der Waals surface area contributed by atoms with Crippen molar-refractivity contribution < 1.29 is 13.0 Å². The summed E-state index contributed by atoms with van der Waals surface area (Å²) in [7, 11) is -0.440. The van der Waals surface area contributed by atoms with E-state index in [9.17, 15) is 8.42 Å². The van der Waals surface area contributed by atoms with Gasteiger partial charge < -0.3 is 0 Å². The molecule has 0 bridgehead atoms. The Kier molecular flexibility index (Phi) is 3.90. The minimum Gasteiger partial charge on any atom is -0.232 e. The molecule has 1 rings (SSSR count). The second kappa shape index (κ2) is 4.78. The van der Waals surface area contributed by atoms with Gasteiger partial charge in [0.15, 0.2) is 0 Å². The summed E-state index contributed by atoms with van der Waals surface area (Å²) in [6, 6.07) is 0. The van der Waals surface area contributed by atoms with Crippen LogP contribution in [0, 0.1) is 0 Å². The Bertz CT molecular complexity index is 450. The molecule has 1 heterocycles. The highest BCUT2D eigenvalue weighted by Gasteiger charge is 2.21. The van der Waals surface area contributed by atoms with E-state index in [-0.39, 0.29) is 0 Å². The number of rotatable bonds is 4. The van der Waals surface area contributed by atoms with Crippen LogP contribution >= 0.6 is 11.6 Å². The lowest BCUT2D eigenvalue weighted by atomic mass is 10.6. The van der Waals surface area contributed by atoms with Gasteiger partial charge in [-0.05, 0) is 6.08 Å². The first kappa shape index (κ1) is 12.2. The Labute approximate surface area is 94.4 Å². The summed E-state index contributed by atoms with van der Waals surface area (Å²) in [5.41, 5.74) is 1.39. The first-order valence-corrected chi connectivity index (χ1v) is 6.07. The Morgan fingerprint density at radius 1 is 1.53 bits per heavy atom. The second-order valence-corrected chi connectivity index (χ2v) is 5.39. The highest BCUT2D eigenvalue weighted by molar-refractivity contribution is 7.87. The normalized spacial score (nSPS) is 12.8. The standard InChI is InChI=1S/C8H13ClN3O2S/c1-10(2)15(13,14)12-7-6-11(8-12)5-3-4-9/h3-4,6-8H,5H2,1-2H3/q+1. The van der Waals surface area contributed by atoms with E-state index in [1.807, 2.05) is 0 Å². The van der Waals surface area contributed by atoms with Crippen LogP contribution < -0.4 is 4.57 Å². The smallest absolute Gasteiger partial charge is 0.232 e. The average molecular weight is 251 g/mol. The van der Waals surface area contributed by atoms with Crippen molar-refractivity contribution in [3.8, 4) is 0 Å². The zero-order chi connectivity index (χ0) is 11.5. The molecule has 0 aliphatic rings. The van der Waals surface area contributed by atoms with Crippen molar-refractivity contribution in [1.29, 1.82) is 0 Å². The second-order valence-electron chi connectivity index (χ2n) is 3.09. The Hall–Kier alpha value is -0.850. The molecule has 0 saturated carbocycles. The maximum Gasteiger partial charge on any atom is 0.379 e. The van der Waals surface area contributed by atoms with E-state index in [0.29, 0.717) is 6.54 Å². The van der Waals surface area contributed by atoms with Gasteiger partial charge in [0.2, 0.25) is 0 Å². The predicted molar refractivity (Wildman–Crippen MR) is 57.6 cm³/mol. The first-order valence-electron chi connectivity index (χ1n) is 4.24. The number of halogens is 1. The molecule has 0 aromatic carbocycles. The summed E-state index contributed by atoms with van der Waals surface area (Å²) < 4.78 is 27.3. The number of hydrogen-bond acceptors (Lipinski definition) is 2. The van der Waals surface area contributed by atoms with Crippen molar-refractivity contribution in [2.45, 2.75) is 6.54 Å². The van der Waals surface area contributed by atoms with Crippen molar-refractivity contribution in [1.82, 2.24) is 8.28 Å². The van der Waals surface area contributed by atoms with Crippen LogP contribution in [0.25, 0.3) is 0 Å². The minimum absolute atomic E-state index is 0.541. The molecule has 0 aliphatic carbocycles. The van der Waals surface area contributed by atoms with Gasteiger partial charge in [-0.3, -0.25) is 0 Å². The fourth-order valence-corrected chi connectivity index (χ4v) is 1.87. The summed E-state index contributed by atoms with van der Waals surface area (Å²) in [4.78, 5) is 0. The molecular weight excluding hydrogens is 238 g/mol. The lowest BCUT2D eigenvalue weighted by molar-refractivity contribution is -0.685. The number of imidazole rings is 1. The average Bonchev–Trinajstić information content (AvgIpc) is 2.63. The first-order chi connectivity index (χ1) is 6.98. The van der Waals surface area contributed by atoms with Crippen molar-refractivity contribution >= 4 is 21.8 Å². The van der Waals surface area contributed by atoms with Crippen LogP contribution in [0.2, 0.25) is 0 Å². The minimum atomic E-state index is -3.41. The highest BCUT2D eigenvalue weighted by Crippen LogP contribution is 1.98. The summed E-state index contributed by atoms with van der Waals surface area (Å²) in [6.45, 7) is 0.541. The quantitative estimate of drug-likeness (QED) is 0.716.